The first-order valence-corrected chi connectivity index (χ1v) is 5.54. The Bertz CT molecular complexity index is 573. The van der Waals surface area contributed by atoms with E-state index < -0.39 is 5.97 Å². The van der Waals surface area contributed by atoms with Gasteiger partial charge in [-0.3, -0.25) is 9.89 Å². The molecule has 0 saturated heterocycles. The number of thiophene rings is 1. The van der Waals surface area contributed by atoms with Crippen molar-refractivity contribution in [3.05, 3.63) is 34.5 Å². The molecular formula is C10H9N3O3S. The predicted molar refractivity (Wildman–Crippen MR) is 62.6 cm³/mol. The predicted octanol–water partition coefficient (Wildman–Crippen LogP) is 1.73. The van der Waals surface area contributed by atoms with Crippen LogP contribution in [0.2, 0.25) is 0 Å². The van der Waals surface area contributed by atoms with Gasteiger partial charge in [0.15, 0.2) is 5.69 Å². The maximum absolute atomic E-state index is 11.7. The van der Waals surface area contributed by atoms with Crippen LogP contribution in [0.25, 0.3) is 0 Å². The Morgan fingerprint density at radius 3 is 2.76 bits per heavy atom. The number of carboxylic acids is 1. The van der Waals surface area contributed by atoms with Gasteiger partial charge >= 0.3 is 5.97 Å². The van der Waals surface area contributed by atoms with Crippen LogP contribution in [0, 0.1) is 6.92 Å². The van der Waals surface area contributed by atoms with Crippen molar-refractivity contribution in [2.24, 2.45) is 0 Å². The van der Waals surface area contributed by atoms with Gasteiger partial charge in [-0.15, -0.1) is 11.3 Å². The highest BCUT2D eigenvalue weighted by atomic mass is 32.1. The number of H-pyrrole nitrogens is 1. The number of carbonyl (C=O) groups excluding carboxylic acids is 1. The SMILES string of the molecule is Cc1cc(C(=O)Nc2ccc(C(=O)O)s2)n[nH]1. The molecule has 2 heterocycles. The zero-order valence-electron chi connectivity index (χ0n) is 8.85. The van der Waals surface area contributed by atoms with Gasteiger partial charge < -0.3 is 10.4 Å². The minimum atomic E-state index is -1.01. The molecule has 2 rings (SSSR count). The van der Waals surface area contributed by atoms with E-state index in [9.17, 15) is 9.59 Å². The highest BCUT2D eigenvalue weighted by Crippen LogP contribution is 2.22. The Kier molecular flexibility index (Phi) is 2.92. The number of carbonyl (C=O) groups is 2. The van der Waals surface area contributed by atoms with E-state index in [1.165, 1.54) is 6.07 Å². The van der Waals surface area contributed by atoms with Crippen LogP contribution in [-0.2, 0) is 0 Å². The fourth-order valence-electron chi connectivity index (χ4n) is 1.23. The summed E-state index contributed by atoms with van der Waals surface area (Å²) in [5, 5.41) is 18.3. The van der Waals surface area contributed by atoms with E-state index in [2.05, 4.69) is 15.5 Å². The van der Waals surface area contributed by atoms with Crippen molar-refractivity contribution in [1.82, 2.24) is 10.2 Å². The normalized spacial score (nSPS) is 10.2. The van der Waals surface area contributed by atoms with Crippen molar-refractivity contribution >= 4 is 28.2 Å². The molecule has 0 unspecified atom stereocenters. The highest BCUT2D eigenvalue weighted by Gasteiger charge is 2.12. The van der Waals surface area contributed by atoms with E-state index in [0.29, 0.717) is 5.00 Å². The number of amides is 1. The number of aromatic carboxylic acids is 1. The lowest BCUT2D eigenvalue weighted by molar-refractivity contribution is 0.0702. The molecule has 7 heteroatoms. The first-order chi connectivity index (χ1) is 8.06. The second kappa shape index (κ2) is 4.38. The third kappa shape index (κ3) is 2.51. The summed E-state index contributed by atoms with van der Waals surface area (Å²) in [6, 6.07) is 4.60. The fraction of sp³-hybridized carbons (Fsp3) is 0.100. The molecule has 0 atom stereocenters. The van der Waals surface area contributed by atoms with Crippen LogP contribution in [0.15, 0.2) is 18.2 Å². The largest absolute Gasteiger partial charge is 0.477 e. The topological polar surface area (TPSA) is 95.1 Å². The molecule has 2 aromatic rings. The van der Waals surface area contributed by atoms with Gasteiger partial charge in [0.1, 0.15) is 4.88 Å². The first-order valence-electron chi connectivity index (χ1n) is 4.73. The minimum Gasteiger partial charge on any atom is -0.477 e. The molecule has 0 aliphatic rings. The van der Waals surface area contributed by atoms with Crippen molar-refractivity contribution in [2.75, 3.05) is 5.32 Å². The molecule has 0 saturated carbocycles. The lowest BCUT2D eigenvalue weighted by Crippen LogP contribution is -2.11. The zero-order valence-corrected chi connectivity index (χ0v) is 9.67. The molecule has 2 aromatic heterocycles. The molecule has 6 nitrogen and oxygen atoms in total. The summed E-state index contributed by atoms with van der Waals surface area (Å²) < 4.78 is 0. The number of hydrogen-bond donors (Lipinski definition) is 3. The molecule has 1 amide bonds. The molecule has 0 aromatic carbocycles. The summed E-state index contributed by atoms with van der Waals surface area (Å²) >= 11 is 1.00. The summed E-state index contributed by atoms with van der Waals surface area (Å²) in [7, 11) is 0. The summed E-state index contributed by atoms with van der Waals surface area (Å²) in [4.78, 5) is 22.5. The van der Waals surface area contributed by atoms with Gasteiger partial charge in [0, 0.05) is 5.69 Å². The molecule has 0 fully saturated rings. The molecule has 88 valence electrons. The van der Waals surface area contributed by atoms with Crippen LogP contribution < -0.4 is 5.32 Å². The van der Waals surface area contributed by atoms with Crippen LogP contribution in [0.5, 0.6) is 0 Å². The summed E-state index contributed by atoms with van der Waals surface area (Å²) in [5.74, 6) is -1.38. The van der Waals surface area contributed by atoms with E-state index in [0.717, 1.165) is 17.0 Å². The molecule has 0 spiro atoms. The average molecular weight is 251 g/mol. The second-order valence-electron chi connectivity index (χ2n) is 3.36. The number of nitrogens with one attached hydrogen (secondary N) is 2. The Labute approximate surface area is 100 Å². The Morgan fingerprint density at radius 1 is 1.47 bits per heavy atom. The average Bonchev–Trinajstić information content (AvgIpc) is 2.86. The molecule has 0 bridgehead atoms. The molecular weight excluding hydrogens is 242 g/mol. The Balaban J connectivity index is 2.10. The Morgan fingerprint density at radius 2 is 2.24 bits per heavy atom. The highest BCUT2D eigenvalue weighted by molar-refractivity contribution is 7.18. The van der Waals surface area contributed by atoms with Crippen molar-refractivity contribution in [2.45, 2.75) is 6.92 Å². The van der Waals surface area contributed by atoms with Crippen molar-refractivity contribution in [3.8, 4) is 0 Å². The number of rotatable bonds is 3. The standard InChI is InChI=1S/C10H9N3O3S/c1-5-4-6(13-12-5)9(14)11-8-3-2-7(17-8)10(15)16/h2-4H,1H3,(H,11,14)(H,12,13)(H,15,16). The second-order valence-corrected chi connectivity index (χ2v) is 4.44. The van der Waals surface area contributed by atoms with Crippen LogP contribution in [0.4, 0.5) is 5.00 Å². The van der Waals surface area contributed by atoms with Crippen LogP contribution >= 0.6 is 11.3 Å². The van der Waals surface area contributed by atoms with Gasteiger partial charge in [-0.1, -0.05) is 0 Å². The fourth-order valence-corrected chi connectivity index (χ4v) is 1.97. The molecule has 0 aliphatic carbocycles. The van der Waals surface area contributed by atoms with Crippen LogP contribution in [0.3, 0.4) is 0 Å². The first kappa shape index (κ1) is 11.3. The number of aromatic nitrogens is 2. The smallest absolute Gasteiger partial charge is 0.345 e. The van der Waals surface area contributed by atoms with E-state index in [1.54, 1.807) is 19.1 Å². The van der Waals surface area contributed by atoms with Crippen molar-refractivity contribution in [3.63, 3.8) is 0 Å². The monoisotopic (exact) mass is 251 g/mol. The number of anilines is 1. The van der Waals surface area contributed by atoms with Crippen molar-refractivity contribution in [1.29, 1.82) is 0 Å². The quantitative estimate of drug-likeness (QED) is 0.774. The summed E-state index contributed by atoms with van der Waals surface area (Å²) in [6.07, 6.45) is 0. The minimum absolute atomic E-state index is 0.179. The lowest BCUT2D eigenvalue weighted by Gasteiger charge is -1.97. The molecule has 0 aliphatic heterocycles. The van der Waals surface area contributed by atoms with Gasteiger partial charge in [0.2, 0.25) is 0 Å². The molecule has 17 heavy (non-hydrogen) atoms. The van der Waals surface area contributed by atoms with E-state index in [1.807, 2.05) is 0 Å². The third-order valence-corrected chi connectivity index (χ3v) is 2.98. The number of aryl methyl sites for hydroxylation is 1. The maximum Gasteiger partial charge on any atom is 0.345 e. The van der Waals surface area contributed by atoms with Gasteiger partial charge in [-0.2, -0.15) is 5.10 Å². The number of carboxylic acid groups (broad SMARTS) is 1. The maximum atomic E-state index is 11.7. The van der Waals surface area contributed by atoms with E-state index in [4.69, 9.17) is 5.11 Å². The summed E-state index contributed by atoms with van der Waals surface area (Å²) in [6.45, 7) is 1.79. The Hall–Kier alpha value is -2.15. The summed E-state index contributed by atoms with van der Waals surface area (Å²) in [5.41, 5.74) is 1.06. The molecule has 3 N–H and O–H groups in total. The van der Waals surface area contributed by atoms with Gasteiger partial charge in [-0.05, 0) is 25.1 Å². The number of hydrogen-bond acceptors (Lipinski definition) is 4. The lowest BCUT2D eigenvalue weighted by atomic mass is 10.3. The van der Waals surface area contributed by atoms with Gasteiger partial charge in [0.25, 0.3) is 5.91 Å². The van der Waals surface area contributed by atoms with E-state index >= 15 is 0 Å². The number of nitrogens with zero attached hydrogens (tertiary/aromatic N) is 1. The zero-order chi connectivity index (χ0) is 12.4. The third-order valence-electron chi connectivity index (χ3n) is 1.99. The molecule has 0 radical (unpaired) electrons. The van der Waals surface area contributed by atoms with Crippen LogP contribution in [-0.4, -0.2) is 27.2 Å². The number of aromatic amines is 1. The van der Waals surface area contributed by atoms with Gasteiger partial charge in [0.05, 0.1) is 5.00 Å². The van der Waals surface area contributed by atoms with Crippen LogP contribution in [0.1, 0.15) is 25.9 Å². The van der Waals surface area contributed by atoms with E-state index in [-0.39, 0.29) is 16.5 Å². The van der Waals surface area contributed by atoms with Crippen molar-refractivity contribution < 1.29 is 14.7 Å². The van der Waals surface area contributed by atoms with Gasteiger partial charge in [-0.25, -0.2) is 4.79 Å².